The van der Waals surface area contributed by atoms with Crippen molar-refractivity contribution in [1.82, 2.24) is 4.98 Å². The lowest BCUT2D eigenvalue weighted by atomic mass is 10.1. The largest absolute Gasteiger partial charge is 0.361 e. The van der Waals surface area contributed by atoms with Crippen LogP contribution in [0.1, 0.15) is 10.4 Å². The van der Waals surface area contributed by atoms with Gasteiger partial charge in [0, 0.05) is 27.3 Å². The molecule has 0 atom stereocenters. The molecule has 106 valence electrons. The first-order chi connectivity index (χ1) is 10.0. The molecule has 3 aromatic rings. The third kappa shape index (κ3) is 2.67. The molecule has 0 saturated carbocycles. The Morgan fingerprint density at radius 3 is 2.52 bits per heavy atom. The van der Waals surface area contributed by atoms with Crippen molar-refractivity contribution in [2.45, 2.75) is 0 Å². The first-order valence-corrected chi connectivity index (χ1v) is 6.87. The molecule has 3 rings (SSSR count). The molecule has 1 heterocycles. The molecule has 1 aromatic heterocycles. The Kier molecular flexibility index (Phi) is 3.47. The summed E-state index contributed by atoms with van der Waals surface area (Å²) in [6, 6.07) is 9.09. The van der Waals surface area contributed by atoms with Gasteiger partial charge < -0.3 is 10.3 Å². The monoisotopic (exact) mass is 350 g/mol. The van der Waals surface area contributed by atoms with Gasteiger partial charge in [-0.05, 0) is 36.4 Å². The second kappa shape index (κ2) is 5.29. The molecule has 0 aliphatic rings. The number of hydrogen-bond donors (Lipinski definition) is 2. The average molecular weight is 351 g/mol. The van der Waals surface area contributed by atoms with Gasteiger partial charge in [-0.3, -0.25) is 4.79 Å². The number of aromatic nitrogens is 1. The Hall–Kier alpha value is -2.21. The van der Waals surface area contributed by atoms with Gasteiger partial charge in [-0.1, -0.05) is 15.9 Å². The van der Waals surface area contributed by atoms with Crippen LogP contribution in [-0.4, -0.2) is 10.9 Å². The number of rotatable bonds is 2. The summed E-state index contributed by atoms with van der Waals surface area (Å²) in [5.74, 6) is -2.66. The Morgan fingerprint density at radius 1 is 1.10 bits per heavy atom. The van der Waals surface area contributed by atoms with Crippen molar-refractivity contribution in [3.8, 4) is 0 Å². The molecule has 0 spiro atoms. The molecule has 0 aliphatic heterocycles. The van der Waals surface area contributed by atoms with Crippen molar-refractivity contribution in [1.29, 1.82) is 0 Å². The Labute approximate surface area is 127 Å². The number of anilines is 1. The van der Waals surface area contributed by atoms with Crippen LogP contribution in [0.25, 0.3) is 10.9 Å². The normalized spacial score (nSPS) is 10.8. The highest BCUT2D eigenvalue weighted by Crippen LogP contribution is 2.22. The molecule has 0 fully saturated rings. The van der Waals surface area contributed by atoms with Crippen LogP contribution in [0.4, 0.5) is 14.5 Å². The molecule has 0 radical (unpaired) electrons. The number of benzene rings is 2. The summed E-state index contributed by atoms with van der Waals surface area (Å²) in [5, 5.41) is 3.39. The molecular formula is C15H9BrF2N2O. The van der Waals surface area contributed by atoms with Gasteiger partial charge >= 0.3 is 0 Å². The van der Waals surface area contributed by atoms with E-state index < -0.39 is 23.1 Å². The SMILES string of the molecule is O=C(Nc1ccc2[nH]ccc2c1)c1c(F)cc(Br)cc1F. The Morgan fingerprint density at radius 2 is 1.81 bits per heavy atom. The quantitative estimate of drug-likeness (QED) is 0.704. The van der Waals surface area contributed by atoms with Crippen LogP contribution in [0.15, 0.2) is 47.1 Å². The van der Waals surface area contributed by atoms with E-state index in [1.165, 1.54) is 0 Å². The average Bonchev–Trinajstić information content (AvgIpc) is 2.84. The number of aromatic amines is 1. The van der Waals surface area contributed by atoms with Gasteiger partial charge in [0.1, 0.15) is 17.2 Å². The van der Waals surface area contributed by atoms with Crippen LogP contribution in [0.5, 0.6) is 0 Å². The summed E-state index contributed by atoms with van der Waals surface area (Å²) < 4.78 is 27.7. The molecular weight excluding hydrogens is 342 g/mol. The first-order valence-electron chi connectivity index (χ1n) is 6.07. The summed E-state index contributed by atoms with van der Waals surface area (Å²) in [4.78, 5) is 15.0. The molecule has 2 aromatic carbocycles. The summed E-state index contributed by atoms with van der Waals surface area (Å²) in [5.41, 5.74) is 0.773. The summed E-state index contributed by atoms with van der Waals surface area (Å²) in [7, 11) is 0. The van der Waals surface area contributed by atoms with Crippen LogP contribution in [0, 0.1) is 11.6 Å². The Bertz CT molecular complexity index is 822. The van der Waals surface area contributed by atoms with Crippen molar-refractivity contribution in [3.05, 3.63) is 64.3 Å². The van der Waals surface area contributed by atoms with Gasteiger partial charge in [0.2, 0.25) is 0 Å². The highest BCUT2D eigenvalue weighted by atomic mass is 79.9. The zero-order valence-electron chi connectivity index (χ0n) is 10.6. The van der Waals surface area contributed by atoms with E-state index in [0.29, 0.717) is 5.69 Å². The van der Waals surface area contributed by atoms with Crippen molar-refractivity contribution in [2.24, 2.45) is 0 Å². The van der Waals surface area contributed by atoms with Gasteiger partial charge in [0.05, 0.1) is 0 Å². The maximum absolute atomic E-state index is 13.7. The molecule has 21 heavy (non-hydrogen) atoms. The molecule has 0 aliphatic carbocycles. The van der Waals surface area contributed by atoms with E-state index in [-0.39, 0.29) is 4.47 Å². The number of fused-ring (bicyclic) bond motifs is 1. The minimum absolute atomic E-state index is 0.239. The molecule has 2 N–H and O–H groups in total. The number of halogens is 3. The molecule has 0 saturated heterocycles. The van der Waals surface area contributed by atoms with E-state index >= 15 is 0 Å². The van der Waals surface area contributed by atoms with E-state index in [2.05, 4.69) is 26.2 Å². The van der Waals surface area contributed by atoms with E-state index in [4.69, 9.17) is 0 Å². The third-order valence-corrected chi connectivity index (χ3v) is 3.50. The van der Waals surface area contributed by atoms with Crippen molar-refractivity contribution in [3.63, 3.8) is 0 Å². The minimum atomic E-state index is -0.915. The second-order valence-corrected chi connectivity index (χ2v) is 5.39. The van der Waals surface area contributed by atoms with Crippen molar-refractivity contribution < 1.29 is 13.6 Å². The van der Waals surface area contributed by atoms with Gasteiger partial charge in [-0.15, -0.1) is 0 Å². The number of carbonyl (C=O) groups excluding carboxylic acids is 1. The topological polar surface area (TPSA) is 44.9 Å². The number of H-pyrrole nitrogens is 1. The minimum Gasteiger partial charge on any atom is -0.361 e. The number of hydrogen-bond acceptors (Lipinski definition) is 1. The molecule has 1 amide bonds. The molecule has 0 bridgehead atoms. The number of nitrogens with one attached hydrogen (secondary N) is 2. The maximum atomic E-state index is 13.7. The lowest BCUT2D eigenvalue weighted by Gasteiger charge is -2.08. The second-order valence-electron chi connectivity index (χ2n) is 4.48. The predicted molar refractivity (Wildman–Crippen MR) is 80.3 cm³/mol. The first kappa shape index (κ1) is 13.8. The van der Waals surface area contributed by atoms with Crippen LogP contribution >= 0.6 is 15.9 Å². The molecule has 0 unspecified atom stereocenters. The predicted octanol–water partition coefficient (Wildman–Crippen LogP) is 4.46. The van der Waals surface area contributed by atoms with Gasteiger partial charge in [0.15, 0.2) is 0 Å². The third-order valence-electron chi connectivity index (χ3n) is 3.05. The van der Waals surface area contributed by atoms with Gasteiger partial charge in [-0.25, -0.2) is 8.78 Å². The van der Waals surface area contributed by atoms with Crippen molar-refractivity contribution in [2.75, 3.05) is 5.32 Å². The maximum Gasteiger partial charge on any atom is 0.261 e. The highest BCUT2D eigenvalue weighted by Gasteiger charge is 2.18. The van der Waals surface area contributed by atoms with Crippen LogP contribution < -0.4 is 5.32 Å². The highest BCUT2D eigenvalue weighted by molar-refractivity contribution is 9.10. The molecule has 6 heteroatoms. The summed E-state index contributed by atoms with van der Waals surface area (Å²) >= 11 is 2.97. The standard InChI is InChI=1S/C15H9BrF2N2O/c16-9-6-11(17)14(12(18)7-9)15(21)20-10-1-2-13-8(5-10)3-4-19-13/h1-7,19H,(H,20,21). The van der Waals surface area contributed by atoms with Gasteiger partial charge in [-0.2, -0.15) is 0 Å². The summed E-state index contributed by atoms with van der Waals surface area (Å²) in [6.45, 7) is 0. The zero-order valence-corrected chi connectivity index (χ0v) is 12.2. The number of carbonyl (C=O) groups is 1. The van der Waals surface area contributed by atoms with E-state index in [9.17, 15) is 13.6 Å². The molecule has 3 nitrogen and oxygen atoms in total. The van der Waals surface area contributed by atoms with E-state index in [1.54, 1.807) is 24.4 Å². The van der Waals surface area contributed by atoms with Crippen LogP contribution in [0.2, 0.25) is 0 Å². The van der Waals surface area contributed by atoms with E-state index in [0.717, 1.165) is 23.0 Å². The smallest absolute Gasteiger partial charge is 0.261 e. The lowest BCUT2D eigenvalue weighted by Crippen LogP contribution is -2.15. The van der Waals surface area contributed by atoms with Crippen LogP contribution in [0.3, 0.4) is 0 Å². The van der Waals surface area contributed by atoms with Crippen molar-refractivity contribution >= 4 is 38.4 Å². The van der Waals surface area contributed by atoms with Crippen LogP contribution in [-0.2, 0) is 0 Å². The fourth-order valence-electron chi connectivity index (χ4n) is 2.08. The summed E-state index contributed by atoms with van der Waals surface area (Å²) in [6.07, 6.45) is 1.77. The van der Waals surface area contributed by atoms with E-state index in [1.807, 2.05) is 6.07 Å². The zero-order chi connectivity index (χ0) is 15.0. The fraction of sp³-hybridized carbons (Fsp3) is 0. The Balaban J connectivity index is 1.92. The fourth-order valence-corrected chi connectivity index (χ4v) is 2.49. The number of amides is 1. The van der Waals surface area contributed by atoms with Gasteiger partial charge in [0.25, 0.3) is 5.91 Å². The lowest BCUT2D eigenvalue weighted by molar-refractivity contribution is 0.101.